The van der Waals surface area contributed by atoms with Gasteiger partial charge in [0.05, 0.1) is 12.3 Å². The van der Waals surface area contributed by atoms with E-state index in [0.29, 0.717) is 19.1 Å². The first kappa shape index (κ1) is 19.4. The minimum Gasteiger partial charge on any atom is -0.490 e. The van der Waals surface area contributed by atoms with Crippen molar-refractivity contribution in [2.24, 2.45) is 5.92 Å². The predicted octanol–water partition coefficient (Wildman–Crippen LogP) is 2.64. The van der Waals surface area contributed by atoms with Crippen LogP contribution in [0.1, 0.15) is 38.5 Å². The summed E-state index contributed by atoms with van der Waals surface area (Å²) < 4.78 is 19.3. The van der Waals surface area contributed by atoms with Gasteiger partial charge in [-0.15, -0.1) is 0 Å². The number of hydrogen-bond acceptors (Lipinski definition) is 5. The maximum Gasteiger partial charge on any atom is 0.324 e. The molecular weight excluding hydrogens is 351 g/mol. The Morgan fingerprint density at radius 1 is 1.19 bits per heavy atom. The number of benzene rings is 1. The van der Waals surface area contributed by atoms with Gasteiger partial charge in [0, 0.05) is 19.2 Å². The molecule has 0 unspecified atom stereocenters. The van der Waals surface area contributed by atoms with Gasteiger partial charge in [-0.3, -0.25) is 10.1 Å². The molecule has 3 N–H and O–H groups in total. The molecule has 2 aliphatic rings. The number of carbonyl (C=O) groups excluding carboxylic acids is 2. The fraction of sp³-hybridized carbons (Fsp3) is 0.579. The van der Waals surface area contributed by atoms with E-state index in [1.165, 1.54) is 18.9 Å². The Hall–Kier alpha value is -2.35. The summed E-state index contributed by atoms with van der Waals surface area (Å²) in [5.74, 6) is 0.310. The van der Waals surface area contributed by atoms with Crippen LogP contribution in [-0.4, -0.2) is 43.1 Å². The average Bonchev–Trinajstić information content (AvgIpc) is 3.41. The lowest BCUT2D eigenvalue weighted by atomic mass is 10.2. The zero-order chi connectivity index (χ0) is 19.1. The number of urea groups is 1. The number of rotatable bonds is 12. The quantitative estimate of drug-likeness (QED) is 0.296. The van der Waals surface area contributed by atoms with Crippen molar-refractivity contribution in [3.05, 3.63) is 24.0 Å². The smallest absolute Gasteiger partial charge is 0.324 e. The molecule has 3 rings (SSSR count). The molecule has 1 aliphatic heterocycles. The molecule has 0 spiro atoms. The molecule has 7 nitrogen and oxygen atoms in total. The Kier molecular flexibility index (Phi) is 6.86. The van der Waals surface area contributed by atoms with E-state index in [4.69, 9.17) is 4.74 Å². The number of nitrogens with zero attached hydrogens (tertiary/aromatic N) is 1. The molecule has 1 saturated carbocycles. The second-order valence-electron chi connectivity index (χ2n) is 7.14. The van der Waals surface area contributed by atoms with Gasteiger partial charge < -0.3 is 15.1 Å². The van der Waals surface area contributed by atoms with Gasteiger partial charge in [0.2, 0.25) is 5.91 Å². The van der Waals surface area contributed by atoms with E-state index >= 15 is 0 Å². The molecule has 1 heterocycles. The summed E-state index contributed by atoms with van der Waals surface area (Å²) >= 11 is 0. The third-order valence-electron chi connectivity index (χ3n) is 4.68. The van der Waals surface area contributed by atoms with Gasteiger partial charge in [0.25, 0.3) is 0 Å². The van der Waals surface area contributed by atoms with Crippen LogP contribution in [0.3, 0.4) is 0 Å². The van der Waals surface area contributed by atoms with E-state index < -0.39 is 0 Å². The maximum atomic E-state index is 13.7. The fourth-order valence-electron chi connectivity index (χ4n) is 2.88. The molecule has 148 valence electrons. The highest BCUT2D eigenvalue weighted by molar-refractivity contribution is 6.01. The van der Waals surface area contributed by atoms with Crippen LogP contribution >= 0.6 is 0 Å². The molecule has 1 aromatic carbocycles. The van der Waals surface area contributed by atoms with Crippen LogP contribution < -0.4 is 20.9 Å². The summed E-state index contributed by atoms with van der Waals surface area (Å²) in [6.45, 7) is 2.15. The topological polar surface area (TPSA) is 82.7 Å². The number of hydrogen-bond donors (Lipinski definition) is 3. The number of nitrogens with one attached hydrogen (secondary N) is 3. The predicted molar refractivity (Wildman–Crippen MR) is 99.8 cm³/mol. The van der Waals surface area contributed by atoms with Crippen molar-refractivity contribution >= 4 is 17.6 Å². The van der Waals surface area contributed by atoms with Crippen molar-refractivity contribution in [3.63, 3.8) is 0 Å². The number of amides is 3. The van der Waals surface area contributed by atoms with E-state index in [1.807, 2.05) is 0 Å². The first-order chi connectivity index (χ1) is 13.1. The van der Waals surface area contributed by atoms with E-state index in [2.05, 4.69) is 16.2 Å². The summed E-state index contributed by atoms with van der Waals surface area (Å²) in [5.41, 5.74) is 6.96. The van der Waals surface area contributed by atoms with Gasteiger partial charge in [-0.1, -0.05) is 12.8 Å². The van der Waals surface area contributed by atoms with E-state index in [0.717, 1.165) is 37.9 Å². The van der Waals surface area contributed by atoms with Gasteiger partial charge >= 0.3 is 6.03 Å². The van der Waals surface area contributed by atoms with Crippen LogP contribution in [0, 0.1) is 11.7 Å². The molecule has 0 bridgehead atoms. The lowest BCUT2D eigenvalue weighted by Gasteiger charge is -2.13. The molecular formula is C19H27FN4O3. The second-order valence-corrected chi connectivity index (χ2v) is 7.14. The minimum absolute atomic E-state index is 0.175. The van der Waals surface area contributed by atoms with Crippen LogP contribution in [0.2, 0.25) is 0 Å². The van der Waals surface area contributed by atoms with Crippen LogP contribution in [0.25, 0.3) is 0 Å². The first-order valence-electron chi connectivity index (χ1n) is 9.62. The molecule has 3 amide bonds. The summed E-state index contributed by atoms with van der Waals surface area (Å²) in [5, 5.41) is 2.27. The summed E-state index contributed by atoms with van der Waals surface area (Å²) in [4.78, 5) is 24.0. The van der Waals surface area contributed by atoms with Crippen molar-refractivity contribution < 1.29 is 18.7 Å². The van der Waals surface area contributed by atoms with Crippen molar-refractivity contribution in [3.8, 4) is 5.75 Å². The summed E-state index contributed by atoms with van der Waals surface area (Å²) in [7, 11) is 0. The molecule has 8 heteroatoms. The highest BCUT2D eigenvalue weighted by Gasteiger charge is 2.25. The van der Waals surface area contributed by atoms with Crippen molar-refractivity contribution in [1.29, 1.82) is 0 Å². The maximum absolute atomic E-state index is 13.7. The van der Waals surface area contributed by atoms with Gasteiger partial charge in [0.15, 0.2) is 11.6 Å². The average molecular weight is 378 g/mol. The van der Waals surface area contributed by atoms with Gasteiger partial charge in [-0.2, -0.15) is 0 Å². The third kappa shape index (κ3) is 6.39. The normalized spacial score (nSPS) is 16.6. The second kappa shape index (κ2) is 9.55. The molecule has 1 saturated heterocycles. The molecule has 2 fully saturated rings. The summed E-state index contributed by atoms with van der Waals surface area (Å²) in [6, 6.07) is 4.47. The van der Waals surface area contributed by atoms with Crippen LogP contribution in [0.5, 0.6) is 5.75 Å². The number of halogens is 1. The molecule has 0 aromatic heterocycles. The Balaban J connectivity index is 1.24. The van der Waals surface area contributed by atoms with Crippen molar-refractivity contribution in [1.82, 2.24) is 15.6 Å². The molecule has 0 radical (unpaired) electrons. The highest BCUT2D eigenvalue weighted by atomic mass is 19.1. The van der Waals surface area contributed by atoms with Gasteiger partial charge in [-0.25, -0.2) is 14.6 Å². The van der Waals surface area contributed by atoms with Crippen molar-refractivity contribution in [2.75, 3.05) is 31.7 Å². The van der Waals surface area contributed by atoms with Gasteiger partial charge in [0.1, 0.15) is 6.54 Å². The highest BCUT2D eigenvalue weighted by Crippen LogP contribution is 2.30. The van der Waals surface area contributed by atoms with E-state index in [9.17, 15) is 14.0 Å². The van der Waals surface area contributed by atoms with Gasteiger partial charge in [-0.05, 0) is 43.7 Å². The molecule has 1 aliphatic carbocycles. The van der Waals surface area contributed by atoms with E-state index in [1.54, 1.807) is 17.0 Å². The first-order valence-corrected chi connectivity index (χ1v) is 9.62. The number of unbranched alkanes of at least 4 members (excludes halogenated alkanes) is 3. The Morgan fingerprint density at radius 3 is 2.74 bits per heavy atom. The molecule has 27 heavy (non-hydrogen) atoms. The number of ether oxygens (including phenoxy) is 1. The largest absolute Gasteiger partial charge is 0.490 e. The Morgan fingerprint density at radius 2 is 2.00 bits per heavy atom. The lowest BCUT2D eigenvalue weighted by molar-refractivity contribution is -0.118. The lowest BCUT2D eigenvalue weighted by Crippen LogP contribution is -2.29. The zero-order valence-electron chi connectivity index (χ0n) is 15.4. The van der Waals surface area contributed by atoms with Crippen LogP contribution in [-0.2, 0) is 4.79 Å². The Labute approximate surface area is 158 Å². The Bertz CT molecular complexity index is 666. The number of imide groups is 1. The number of anilines is 1. The summed E-state index contributed by atoms with van der Waals surface area (Å²) in [6.07, 6.45) is 6.22. The zero-order valence-corrected chi connectivity index (χ0v) is 15.4. The SMILES string of the molecule is O=C1CN(CCCCCCNNc2ccc(F)c(OCC3CC3)c2)C(=O)N1. The number of hydrazine groups is 1. The molecule has 0 atom stereocenters. The fourth-order valence-corrected chi connectivity index (χ4v) is 2.88. The standard InChI is InChI=1S/C19H27FN4O3/c20-16-8-7-15(11-17(16)27-13-14-5-6-14)23-21-9-3-1-2-4-10-24-12-18(25)22-19(24)26/h7-8,11,14,21,23H,1-6,9-10,12-13H2,(H,22,25,26). The van der Waals surface area contributed by atoms with Crippen molar-refractivity contribution in [2.45, 2.75) is 38.5 Å². The van der Waals surface area contributed by atoms with Crippen LogP contribution in [0.4, 0.5) is 14.9 Å². The molecule has 1 aromatic rings. The monoisotopic (exact) mass is 378 g/mol. The van der Waals surface area contributed by atoms with E-state index in [-0.39, 0.29) is 30.0 Å². The minimum atomic E-state index is -0.338. The van der Waals surface area contributed by atoms with Crippen LogP contribution in [0.15, 0.2) is 18.2 Å². The number of carbonyl (C=O) groups is 2. The third-order valence-corrected chi connectivity index (χ3v) is 4.68.